The fourth-order valence-electron chi connectivity index (χ4n) is 2.44. The molecule has 0 aliphatic heterocycles. The van der Waals surface area contributed by atoms with Gasteiger partial charge in [-0.05, 0) is 44.0 Å². The van der Waals surface area contributed by atoms with Gasteiger partial charge >= 0.3 is 0 Å². The van der Waals surface area contributed by atoms with Crippen LogP contribution < -0.4 is 5.32 Å². The standard InChI is InChI=1S/C17H22FN3O/c1-11(2)9-17(22)20-12(3)16-10-19-21(13(16)4)15-7-5-14(18)6-8-15/h5-8,10-12H,9H2,1-4H3,(H,20,22). The van der Waals surface area contributed by atoms with Crippen molar-refractivity contribution in [3.63, 3.8) is 0 Å². The molecule has 1 unspecified atom stereocenters. The van der Waals surface area contributed by atoms with Gasteiger partial charge in [-0.1, -0.05) is 13.8 Å². The lowest BCUT2D eigenvalue weighted by atomic mass is 10.1. The lowest BCUT2D eigenvalue weighted by Gasteiger charge is -2.15. The van der Waals surface area contributed by atoms with Gasteiger partial charge in [0.05, 0.1) is 17.9 Å². The summed E-state index contributed by atoms with van der Waals surface area (Å²) in [7, 11) is 0. The van der Waals surface area contributed by atoms with E-state index < -0.39 is 0 Å². The van der Waals surface area contributed by atoms with Crippen LogP contribution in [0, 0.1) is 18.7 Å². The molecule has 1 N–H and O–H groups in total. The molecule has 0 fully saturated rings. The Labute approximate surface area is 130 Å². The summed E-state index contributed by atoms with van der Waals surface area (Å²) in [5.74, 6) is 0.0924. The van der Waals surface area contributed by atoms with E-state index in [2.05, 4.69) is 10.4 Å². The summed E-state index contributed by atoms with van der Waals surface area (Å²) in [6, 6.07) is 6.07. The molecule has 0 saturated carbocycles. The van der Waals surface area contributed by atoms with E-state index in [-0.39, 0.29) is 17.8 Å². The van der Waals surface area contributed by atoms with Crippen molar-refractivity contribution in [3.8, 4) is 5.69 Å². The molecule has 118 valence electrons. The molecule has 0 spiro atoms. The maximum atomic E-state index is 13.0. The Balaban J connectivity index is 2.16. The summed E-state index contributed by atoms with van der Waals surface area (Å²) in [5, 5.41) is 7.34. The first-order valence-electron chi connectivity index (χ1n) is 7.48. The molecule has 22 heavy (non-hydrogen) atoms. The van der Waals surface area contributed by atoms with Gasteiger partial charge in [0.15, 0.2) is 0 Å². The number of nitrogens with one attached hydrogen (secondary N) is 1. The average molecular weight is 303 g/mol. The summed E-state index contributed by atoms with van der Waals surface area (Å²) < 4.78 is 14.8. The van der Waals surface area contributed by atoms with Crippen molar-refractivity contribution in [1.82, 2.24) is 15.1 Å². The third-order valence-electron chi connectivity index (χ3n) is 3.56. The number of amides is 1. The first kappa shape index (κ1) is 16.2. The number of aromatic nitrogens is 2. The van der Waals surface area contributed by atoms with Crippen molar-refractivity contribution in [1.29, 1.82) is 0 Å². The van der Waals surface area contributed by atoms with Gasteiger partial charge in [-0.25, -0.2) is 9.07 Å². The Morgan fingerprint density at radius 2 is 1.91 bits per heavy atom. The summed E-state index contributed by atoms with van der Waals surface area (Å²) in [4.78, 5) is 11.9. The first-order chi connectivity index (χ1) is 10.4. The molecule has 0 saturated heterocycles. The third kappa shape index (κ3) is 3.72. The number of benzene rings is 1. The number of nitrogens with zero attached hydrogens (tertiary/aromatic N) is 2. The molecule has 0 bridgehead atoms. The monoisotopic (exact) mass is 303 g/mol. The molecule has 4 nitrogen and oxygen atoms in total. The van der Waals surface area contributed by atoms with Gasteiger partial charge in [-0.2, -0.15) is 5.10 Å². The highest BCUT2D eigenvalue weighted by molar-refractivity contribution is 5.76. The molecule has 2 rings (SSSR count). The molecule has 5 heteroatoms. The number of hydrogen-bond donors (Lipinski definition) is 1. The molecule has 1 aromatic carbocycles. The van der Waals surface area contributed by atoms with Crippen LogP contribution in [0.5, 0.6) is 0 Å². The second-order valence-corrected chi connectivity index (χ2v) is 5.96. The van der Waals surface area contributed by atoms with E-state index in [0.717, 1.165) is 16.9 Å². The number of rotatable bonds is 5. The van der Waals surface area contributed by atoms with Gasteiger partial charge in [0.2, 0.25) is 5.91 Å². The Kier molecular flexibility index (Phi) is 4.96. The zero-order valence-electron chi connectivity index (χ0n) is 13.4. The summed E-state index contributed by atoms with van der Waals surface area (Å²) in [5.41, 5.74) is 2.69. The van der Waals surface area contributed by atoms with Crippen LogP contribution in [-0.2, 0) is 4.79 Å². The van der Waals surface area contributed by atoms with Gasteiger partial charge in [0.1, 0.15) is 5.82 Å². The number of halogens is 1. The highest BCUT2D eigenvalue weighted by Gasteiger charge is 2.16. The van der Waals surface area contributed by atoms with Crippen molar-refractivity contribution in [3.05, 3.63) is 47.5 Å². The molecular weight excluding hydrogens is 281 g/mol. The molecule has 0 aliphatic rings. The van der Waals surface area contributed by atoms with E-state index >= 15 is 0 Å². The molecule has 1 aromatic heterocycles. The molecule has 0 radical (unpaired) electrons. The molecule has 1 amide bonds. The summed E-state index contributed by atoms with van der Waals surface area (Å²) in [6.45, 7) is 7.91. The van der Waals surface area contributed by atoms with Gasteiger partial charge in [0, 0.05) is 17.7 Å². The highest BCUT2D eigenvalue weighted by Crippen LogP contribution is 2.20. The maximum absolute atomic E-state index is 13.0. The molecule has 2 aromatic rings. The number of hydrogen-bond acceptors (Lipinski definition) is 2. The second-order valence-electron chi connectivity index (χ2n) is 5.96. The topological polar surface area (TPSA) is 46.9 Å². The van der Waals surface area contributed by atoms with Crippen LogP contribution in [0.1, 0.15) is 44.5 Å². The van der Waals surface area contributed by atoms with Gasteiger partial charge in [-0.15, -0.1) is 0 Å². The SMILES string of the molecule is Cc1c(C(C)NC(=O)CC(C)C)cnn1-c1ccc(F)cc1. The number of carbonyl (C=O) groups is 1. The van der Waals surface area contributed by atoms with E-state index in [1.165, 1.54) is 12.1 Å². The van der Waals surface area contributed by atoms with Crippen LogP contribution in [0.25, 0.3) is 5.69 Å². The Bertz CT molecular complexity index is 646. The van der Waals surface area contributed by atoms with Crippen molar-refractivity contribution in [2.45, 2.75) is 40.2 Å². The molecule has 1 heterocycles. The minimum Gasteiger partial charge on any atom is -0.349 e. The van der Waals surface area contributed by atoms with Crippen LogP contribution in [0.2, 0.25) is 0 Å². The van der Waals surface area contributed by atoms with Crippen molar-refractivity contribution in [2.24, 2.45) is 5.92 Å². The minimum atomic E-state index is -0.275. The maximum Gasteiger partial charge on any atom is 0.220 e. The van der Waals surface area contributed by atoms with Crippen LogP contribution in [0.3, 0.4) is 0 Å². The van der Waals surface area contributed by atoms with Crippen LogP contribution in [-0.4, -0.2) is 15.7 Å². The summed E-state index contributed by atoms with van der Waals surface area (Å²) >= 11 is 0. The lowest BCUT2D eigenvalue weighted by Crippen LogP contribution is -2.27. The van der Waals surface area contributed by atoms with E-state index in [9.17, 15) is 9.18 Å². The summed E-state index contributed by atoms with van der Waals surface area (Å²) in [6.07, 6.45) is 2.26. The Morgan fingerprint density at radius 3 is 2.50 bits per heavy atom. The minimum absolute atomic E-state index is 0.0384. The van der Waals surface area contributed by atoms with Gasteiger partial charge in [-0.3, -0.25) is 4.79 Å². The predicted molar refractivity (Wildman–Crippen MR) is 84.3 cm³/mol. The first-order valence-corrected chi connectivity index (χ1v) is 7.48. The normalized spacial score (nSPS) is 12.5. The lowest BCUT2D eigenvalue weighted by molar-refractivity contribution is -0.122. The van der Waals surface area contributed by atoms with E-state index in [1.807, 2.05) is 27.7 Å². The van der Waals surface area contributed by atoms with Crippen LogP contribution in [0.4, 0.5) is 4.39 Å². The zero-order valence-corrected chi connectivity index (χ0v) is 13.4. The quantitative estimate of drug-likeness (QED) is 0.918. The predicted octanol–water partition coefficient (Wildman–Crippen LogP) is 3.54. The van der Waals surface area contributed by atoms with Gasteiger partial charge in [0.25, 0.3) is 0 Å². The highest BCUT2D eigenvalue weighted by atomic mass is 19.1. The largest absolute Gasteiger partial charge is 0.349 e. The van der Waals surface area contributed by atoms with E-state index in [0.29, 0.717) is 12.3 Å². The fourth-order valence-corrected chi connectivity index (χ4v) is 2.44. The van der Waals surface area contributed by atoms with Crippen LogP contribution >= 0.6 is 0 Å². The molecule has 1 atom stereocenters. The van der Waals surface area contributed by atoms with E-state index in [4.69, 9.17) is 0 Å². The fraction of sp³-hybridized carbons (Fsp3) is 0.412. The van der Waals surface area contributed by atoms with Crippen molar-refractivity contribution < 1.29 is 9.18 Å². The number of carbonyl (C=O) groups excluding carboxylic acids is 1. The Morgan fingerprint density at radius 1 is 1.27 bits per heavy atom. The Hall–Kier alpha value is -2.17. The van der Waals surface area contributed by atoms with Crippen molar-refractivity contribution >= 4 is 5.91 Å². The van der Waals surface area contributed by atoms with Crippen LogP contribution in [0.15, 0.2) is 30.5 Å². The van der Waals surface area contributed by atoms with Crippen molar-refractivity contribution in [2.75, 3.05) is 0 Å². The molecular formula is C17H22FN3O. The second kappa shape index (κ2) is 6.73. The average Bonchev–Trinajstić information content (AvgIpc) is 2.80. The third-order valence-corrected chi connectivity index (χ3v) is 3.56. The smallest absolute Gasteiger partial charge is 0.220 e. The molecule has 0 aliphatic carbocycles. The zero-order chi connectivity index (χ0) is 16.3. The van der Waals surface area contributed by atoms with Gasteiger partial charge < -0.3 is 5.32 Å². The van der Waals surface area contributed by atoms with E-state index in [1.54, 1.807) is 23.0 Å².